The first-order valence-electron chi connectivity index (χ1n) is 6.94. The molecule has 1 aromatic carbocycles. The number of halogens is 1. The lowest BCUT2D eigenvalue weighted by atomic mass is 10.2. The van der Waals surface area contributed by atoms with E-state index in [0.717, 1.165) is 31.2 Å². The van der Waals surface area contributed by atoms with Crippen molar-refractivity contribution in [3.8, 4) is 0 Å². The van der Waals surface area contributed by atoms with Gasteiger partial charge in [0, 0.05) is 12.6 Å². The van der Waals surface area contributed by atoms with Gasteiger partial charge in [-0.2, -0.15) is 0 Å². The summed E-state index contributed by atoms with van der Waals surface area (Å²) in [4.78, 5) is 23.3. The number of hydrogen-bond acceptors (Lipinski definition) is 2. The Hall–Kier alpha value is -1.91. The Labute approximate surface area is 117 Å². The van der Waals surface area contributed by atoms with E-state index in [1.165, 1.54) is 12.1 Å². The van der Waals surface area contributed by atoms with Crippen molar-refractivity contribution < 1.29 is 14.0 Å². The molecule has 20 heavy (non-hydrogen) atoms. The molecule has 0 radical (unpaired) electrons. The van der Waals surface area contributed by atoms with Crippen LogP contribution < -0.4 is 10.6 Å². The second-order valence-electron chi connectivity index (χ2n) is 5.13. The number of rotatable bonds is 5. The monoisotopic (exact) mass is 278 g/mol. The van der Waals surface area contributed by atoms with Crippen molar-refractivity contribution in [3.63, 3.8) is 0 Å². The molecule has 2 N–H and O–H groups in total. The SMILES string of the molecule is O=C(CC(=O)NC1CCCC1)NCc1ccc(F)cc1. The van der Waals surface area contributed by atoms with Gasteiger partial charge in [0.1, 0.15) is 12.2 Å². The van der Waals surface area contributed by atoms with Crippen LogP contribution in [-0.2, 0) is 16.1 Å². The molecule has 1 fully saturated rings. The van der Waals surface area contributed by atoms with E-state index >= 15 is 0 Å². The minimum Gasteiger partial charge on any atom is -0.353 e. The Bertz CT molecular complexity index is 467. The molecule has 0 unspecified atom stereocenters. The molecule has 2 amide bonds. The van der Waals surface area contributed by atoms with Crippen molar-refractivity contribution in [2.24, 2.45) is 0 Å². The van der Waals surface area contributed by atoms with E-state index in [4.69, 9.17) is 0 Å². The highest BCUT2D eigenvalue weighted by Crippen LogP contribution is 2.17. The lowest BCUT2D eigenvalue weighted by Crippen LogP contribution is -2.36. The third-order valence-corrected chi connectivity index (χ3v) is 3.44. The lowest BCUT2D eigenvalue weighted by Gasteiger charge is -2.11. The van der Waals surface area contributed by atoms with Crippen LogP contribution in [-0.4, -0.2) is 17.9 Å². The van der Waals surface area contributed by atoms with Crippen LogP contribution in [0, 0.1) is 5.82 Å². The lowest BCUT2D eigenvalue weighted by molar-refractivity contribution is -0.129. The highest BCUT2D eigenvalue weighted by atomic mass is 19.1. The summed E-state index contributed by atoms with van der Waals surface area (Å²) in [5.74, 6) is -0.852. The Morgan fingerprint density at radius 1 is 1.10 bits per heavy atom. The predicted molar refractivity (Wildman–Crippen MR) is 73.3 cm³/mol. The highest BCUT2D eigenvalue weighted by Gasteiger charge is 2.18. The summed E-state index contributed by atoms with van der Waals surface area (Å²) >= 11 is 0. The Morgan fingerprint density at radius 2 is 1.75 bits per heavy atom. The Balaban J connectivity index is 1.69. The fraction of sp³-hybridized carbons (Fsp3) is 0.467. The van der Waals surface area contributed by atoms with Gasteiger partial charge in [-0.15, -0.1) is 0 Å². The molecule has 0 spiro atoms. The largest absolute Gasteiger partial charge is 0.353 e. The summed E-state index contributed by atoms with van der Waals surface area (Å²) < 4.78 is 12.7. The number of hydrogen-bond donors (Lipinski definition) is 2. The van der Waals surface area contributed by atoms with E-state index in [1.807, 2.05) is 0 Å². The van der Waals surface area contributed by atoms with Gasteiger partial charge in [-0.1, -0.05) is 25.0 Å². The van der Waals surface area contributed by atoms with Gasteiger partial charge in [0.15, 0.2) is 0 Å². The van der Waals surface area contributed by atoms with Crippen LogP contribution >= 0.6 is 0 Å². The van der Waals surface area contributed by atoms with Crippen molar-refractivity contribution >= 4 is 11.8 Å². The first-order valence-corrected chi connectivity index (χ1v) is 6.94. The quantitative estimate of drug-likeness (QED) is 0.808. The number of carbonyl (C=O) groups is 2. The molecule has 0 heterocycles. The third-order valence-electron chi connectivity index (χ3n) is 3.44. The normalized spacial score (nSPS) is 15.1. The number of nitrogens with one attached hydrogen (secondary N) is 2. The van der Waals surface area contributed by atoms with Crippen LogP contribution in [0.2, 0.25) is 0 Å². The summed E-state index contributed by atoms with van der Waals surface area (Å²) in [5.41, 5.74) is 0.802. The molecular weight excluding hydrogens is 259 g/mol. The average molecular weight is 278 g/mol. The third kappa shape index (κ3) is 4.64. The molecule has 1 saturated carbocycles. The zero-order chi connectivity index (χ0) is 14.4. The molecule has 2 rings (SSSR count). The van der Waals surface area contributed by atoms with Gasteiger partial charge >= 0.3 is 0 Å². The van der Waals surface area contributed by atoms with Gasteiger partial charge < -0.3 is 10.6 Å². The van der Waals surface area contributed by atoms with Crippen molar-refractivity contribution in [1.82, 2.24) is 10.6 Å². The van der Waals surface area contributed by atoms with Gasteiger partial charge in [-0.3, -0.25) is 9.59 Å². The van der Waals surface area contributed by atoms with E-state index in [2.05, 4.69) is 10.6 Å². The maximum absolute atomic E-state index is 12.7. The number of carbonyl (C=O) groups excluding carboxylic acids is 2. The second kappa shape index (κ2) is 7.03. The maximum atomic E-state index is 12.7. The first-order chi connectivity index (χ1) is 9.63. The molecule has 1 aromatic rings. The minimum atomic E-state index is -0.315. The zero-order valence-corrected chi connectivity index (χ0v) is 11.3. The zero-order valence-electron chi connectivity index (χ0n) is 11.3. The van der Waals surface area contributed by atoms with Gasteiger partial charge in [-0.25, -0.2) is 4.39 Å². The standard InChI is InChI=1S/C15H19FN2O2/c16-12-7-5-11(6-8-12)10-17-14(19)9-15(20)18-13-3-1-2-4-13/h5-8,13H,1-4,9-10H2,(H,17,19)(H,18,20). The summed E-state index contributed by atoms with van der Waals surface area (Å²) in [7, 11) is 0. The van der Waals surface area contributed by atoms with Crippen LogP contribution in [0.1, 0.15) is 37.7 Å². The maximum Gasteiger partial charge on any atom is 0.229 e. The van der Waals surface area contributed by atoms with Crippen molar-refractivity contribution in [2.45, 2.75) is 44.7 Å². The molecule has 0 bridgehead atoms. The van der Waals surface area contributed by atoms with Crippen molar-refractivity contribution in [3.05, 3.63) is 35.6 Å². The molecule has 0 aromatic heterocycles. The van der Waals surface area contributed by atoms with Gasteiger partial charge in [-0.05, 0) is 30.5 Å². The van der Waals surface area contributed by atoms with Crippen LogP contribution in [0.25, 0.3) is 0 Å². The van der Waals surface area contributed by atoms with E-state index in [9.17, 15) is 14.0 Å². The van der Waals surface area contributed by atoms with Gasteiger partial charge in [0.05, 0.1) is 0 Å². The molecule has 0 aliphatic heterocycles. The first kappa shape index (κ1) is 14.5. The molecule has 1 aliphatic carbocycles. The van der Waals surface area contributed by atoms with Gasteiger partial charge in [0.25, 0.3) is 0 Å². The fourth-order valence-electron chi connectivity index (χ4n) is 2.36. The molecule has 0 saturated heterocycles. The molecular formula is C15H19FN2O2. The van der Waals surface area contributed by atoms with E-state index < -0.39 is 0 Å². The van der Waals surface area contributed by atoms with Gasteiger partial charge in [0.2, 0.25) is 11.8 Å². The van der Waals surface area contributed by atoms with E-state index in [0.29, 0.717) is 6.54 Å². The molecule has 108 valence electrons. The highest BCUT2D eigenvalue weighted by molar-refractivity contribution is 5.96. The molecule has 0 atom stereocenters. The molecule has 4 nitrogen and oxygen atoms in total. The Kier molecular flexibility index (Phi) is 5.09. The predicted octanol–water partition coefficient (Wildman–Crippen LogP) is 1.89. The second-order valence-corrected chi connectivity index (χ2v) is 5.13. The van der Waals surface area contributed by atoms with Crippen LogP contribution in [0.5, 0.6) is 0 Å². The molecule has 5 heteroatoms. The van der Waals surface area contributed by atoms with Crippen LogP contribution in [0.15, 0.2) is 24.3 Å². The average Bonchev–Trinajstić information content (AvgIpc) is 2.90. The molecule has 1 aliphatic rings. The summed E-state index contributed by atoms with van der Waals surface area (Å²) in [5, 5.41) is 5.52. The smallest absolute Gasteiger partial charge is 0.229 e. The van der Waals surface area contributed by atoms with Crippen LogP contribution in [0.3, 0.4) is 0 Å². The van der Waals surface area contributed by atoms with E-state index in [-0.39, 0.29) is 30.1 Å². The fourth-order valence-corrected chi connectivity index (χ4v) is 2.36. The summed E-state index contributed by atoms with van der Waals surface area (Å²) in [6, 6.07) is 6.12. The Morgan fingerprint density at radius 3 is 2.40 bits per heavy atom. The number of benzene rings is 1. The van der Waals surface area contributed by atoms with E-state index in [1.54, 1.807) is 12.1 Å². The topological polar surface area (TPSA) is 58.2 Å². The summed E-state index contributed by atoms with van der Waals surface area (Å²) in [6.07, 6.45) is 4.13. The number of amides is 2. The summed E-state index contributed by atoms with van der Waals surface area (Å²) in [6.45, 7) is 0.301. The minimum absolute atomic E-state index is 0.155. The van der Waals surface area contributed by atoms with Crippen LogP contribution in [0.4, 0.5) is 4.39 Å². The van der Waals surface area contributed by atoms with Crippen molar-refractivity contribution in [1.29, 1.82) is 0 Å². The van der Waals surface area contributed by atoms with Crippen molar-refractivity contribution in [2.75, 3.05) is 0 Å².